The average Bonchev–Trinajstić information content (AvgIpc) is 3.19. The highest BCUT2D eigenvalue weighted by molar-refractivity contribution is 6.04. The van der Waals surface area contributed by atoms with Crippen LogP contribution in [0.3, 0.4) is 0 Å². The number of nitrogens with one attached hydrogen (secondary N) is 1. The number of aliphatic carboxylic acids is 1. The van der Waals surface area contributed by atoms with Gasteiger partial charge in [-0.1, -0.05) is 6.07 Å². The van der Waals surface area contributed by atoms with Crippen LogP contribution in [0.15, 0.2) is 36.4 Å². The van der Waals surface area contributed by atoms with Crippen molar-refractivity contribution in [2.24, 2.45) is 0 Å². The number of aryl methyl sites for hydroxylation is 2. The van der Waals surface area contributed by atoms with Crippen LogP contribution in [-0.2, 0) is 9.53 Å². The summed E-state index contributed by atoms with van der Waals surface area (Å²) >= 11 is 0. The minimum atomic E-state index is -1.05. The zero-order valence-electron chi connectivity index (χ0n) is 16.6. The number of rotatable bonds is 8. The molecule has 1 aliphatic heterocycles. The third-order valence-electron chi connectivity index (χ3n) is 4.61. The second-order valence-corrected chi connectivity index (χ2v) is 7.05. The lowest BCUT2D eigenvalue weighted by molar-refractivity contribution is -0.139. The van der Waals surface area contributed by atoms with Crippen molar-refractivity contribution in [2.75, 3.05) is 25.1 Å². The molecule has 0 aromatic heterocycles. The highest BCUT2D eigenvalue weighted by atomic mass is 16.5. The molecule has 2 aromatic rings. The fourth-order valence-corrected chi connectivity index (χ4v) is 3.27. The smallest absolute Gasteiger partial charge is 0.341 e. The van der Waals surface area contributed by atoms with E-state index in [1.165, 1.54) is 0 Å². The number of amides is 1. The van der Waals surface area contributed by atoms with Gasteiger partial charge in [-0.25, -0.2) is 4.79 Å². The number of benzene rings is 2. The molecular weight excluding hydrogens is 374 g/mol. The summed E-state index contributed by atoms with van der Waals surface area (Å²) in [7, 11) is 0. The number of carbonyl (C=O) groups is 2. The lowest BCUT2D eigenvalue weighted by atomic mass is 10.0. The third-order valence-corrected chi connectivity index (χ3v) is 4.61. The molecule has 1 fully saturated rings. The van der Waals surface area contributed by atoms with Crippen molar-refractivity contribution in [2.45, 2.75) is 32.8 Å². The maximum Gasteiger partial charge on any atom is 0.341 e. The fourth-order valence-electron chi connectivity index (χ4n) is 3.27. The quantitative estimate of drug-likeness (QED) is 0.705. The molecular formula is C22H25NO6. The zero-order chi connectivity index (χ0) is 20.8. The molecule has 2 aromatic carbocycles. The lowest BCUT2D eigenvalue weighted by Crippen LogP contribution is -2.16. The summed E-state index contributed by atoms with van der Waals surface area (Å²) in [4.78, 5) is 23.4. The maximum absolute atomic E-state index is 12.7. The van der Waals surface area contributed by atoms with Gasteiger partial charge < -0.3 is 24.6 Å². The van der Waals surface area contributed by atoms with E-state index in [-0.39, 0.29) is 12.0 Å². The Morgan fingerprint density at radius 2 is 1.93 bits per heavy atom. The van der Waals surface area contributed by atoms with Crippen LogP contribution in [-0.4, -0.2) is 42.9 Å². The molecule has 0 saturated carbocycles. The average molecular weight is 399 g/mol. The molecule has 1 saturated heterocycles. The molecule has 29 heavy (non-hydrogen) atoms. The SMILES string of the molecule is Cc1cc(C(=O)Nc2cccc(OCC3CCCO3)c2)cc(C)c1OCC(=O)O. The normalized spacial score (nSPS) is 15.7. The van der Waals surface area contributed by atoms with Gasteiger partial charge in [-0.05, 0) is 62.1 Å². The first-order valence-electron chi connectivity index (χ1n) is 9.54. The Morgan fingerprint density at radius 1 is 1.17 bits per heavy atom. The summed E-state index contributed by atoms with van der Waals surface area (Å²) in [6.07, 6.45) is 2.19. The number of carbonyl (C=O) groups excluding carboxylic acids is 1. The minimum absolute atomic E-state index is 0.126. The van der Waals surface area contributed by atoms with Gasteiger partial charge in [0.2, 0.25) is 0 Å². The lowest BCUT2D eigenvalue weighted by Gasteiger charge is -2.14. The van der Waals surface area contributed by atoms with Crippen LogP contribution in [0.4, 0.5) is 5.69 Å². The van der Waals surface area contributed by atoms with Crippen molar-refractivity contribution < 1.29 is 28.9 Å². The topological polar surface area (TPSA) is 94.1 Å². The molecule has 1 aliphatic rings. The van der Waals surface area contributed by atoms with E-state index < -0.39 is 12.6 Å². The number of hydrogen-bond acceptors (Lipinski definition) is 5. The van der Waals surface area contributed by atoms with Gasteiger partial charge in [-0.3, -0.25) is 4.79 Å². The summed E-state index contributed by atoms with van der Waals surface area (Å²) in [6.45, 7) is 4.41. The van der Waals surface area contributed by atoms with E-state index >= 15 is 0 Å². The summed E-state index contributed by atoms with van der Waals surface area (Å²) in [5, 5.41) is 11.6. The first-order chi connectivity index (χ1) is 13.9. The highest BCUT2D eigenvalue weighted by Crippen LogP contribution is 2.26. The van der Waals surface area contributed by atoms with Gasteiger partial charge in [-0.2, -0.15) is 0 Å². The highest BCUT2D eigenvalue weighted by Gasteiger charge is 2.16. The van der Waals surface area contributed by atoms with E-state index in [0.717, 1.165) is 19.4 Å². The Bertz CT molecular complexity index is 866. The summed E-state index contributed by atoms with van der Waals surface area (Å²) in [6, 6.07) is 10.6. The number of carboxylic acids is 1. The van der Waals surface area contributed by atoms with Crippen LogP contribution >= 0.6 is 0 Å². The summed E-state index contributed by atoms with van der Waals surface area (Å²) in [5.74, 6) is -0.166. The first-order valence-corrected chi connectivity index (χ1v) is 9.54. The Labute approximate surface area is 169 Å². The van der Waals surface area contributed by atoms with Gasteiger partial charge in [0.15, 0.2) is 6.61 Å². The fraction of sp³-hybridized carbons (Fsp3) is 0.364. The number of carboxylic acid groups (broad SMARTS) is 1. The first kappa shape index (κ1) is 20.7. The maximum atomic E-state index is 12.7. The third kappa shape index (κ3) is 5.71. The molecule has 7 heteroatoms. The molecule has 1 heterocycles. The van der Waals surface area contributed by atoms with Crippen molar-refractivity contribution in [3.63, 3.8) is 0 Å². The summed E-state index contributed by atoms with van der Waals surface area (Å²) in [5.41, 5.74) is 2.49. The summed E-state index contributed by atoms with van der Waals surface area (Å²) < 4.78 is 16.6. The molecule has 0 radical (unpaired) electrons. The van der Waals surface area contributed by atoms with Crippen molar-refractivity contribution in [3.8, 4) is 11.5 Å². The van der Waals surface area contributed by atoms with Gasteiger partial charge in [0.1, 0.15) is 18.1 Å². The zero-order valence-corrected chi connectivity index (χ0v) is 16.6. The van der Waals surface area contributed by atoms with Crippen LogP contribution in [0.2, 0.25) is 0 Å². The van der Waals surface area contributed by atoms with E-state index in [2.05, 4.69) is 5.32 Å². The molecule has 1 amide bonds. The van der Waals surface area contributed by atoms with Gasteiger partial charge in [0, 0.05) is 23.9 Å². The van der Waals surface area contributed by atoms with Crippen molar-refractivity contribution in [3.05, 3.63) is 53.1 Å². The monoisotopic (exact) mass is 399 g/mol. The van der Waals surface area contributed by atoms with Crippen molar-refractivity contribution in [1.82, 2.24) is 0 Å². The molecule has 0 spiro atoms. The molecule has 3 rings (SSSR count). The van der Waals surface area contributed by atoms with Crippen LogP contribution in [0.25, 0.3) is 0 Å². The Kier molecular flexibility index (Phi) is 6.72. The molecule has 154 valence electrons. The molecule has 7 nitrogen and oxygen atoms in total. The molecule has 1 unspecified atom stereocenters. The van der Waals surface area contributed by atoms with Gasteiger partial charge in [0.25, 0.3) is 5.91 Å². The number of anilines is 1. The van der Waals surface area contributed by atoms with E-state index in [0.29, 0.717) is 40.5 Å². The van der Waals surface area contributed by atoms with Crippen LogP contribution < -0.4 is 14.8 Å². The largest absolute Gasteiger partial charge is 0.491 e. The molecule has 0 aliphatic carbocycles. The Morgan fingerprint density at radius 3 is 2.59 bits per heavy atom. The van der Waals surface area contributed by atoms with Gasteiger partial charge in [-0.15, -0.1) is 0 Å². The Balaban J connectivity index is 1.65. The predicted molar refractivity (Wildman–Crippen MR) is 108 cm³/mol. The van der Waals surface area contributed by atoms with E-state index in [9.17, 15) is 9.59 Å². The van der Waals surface area contributed by atoms with Crippen LogP contribution in [0.5, 0.6) is 11.5 Å². The van der Waals surface area contributed by atoms with Crippen molar-refractivity contribution in [1.29, 1.82) is 0 Å². The second kappa shape index (κ2) is 9.43. The minimum Gasteiger partial charge on any atom is -0.491 e. The van der Waals surface area contributed by atoms with E-state index in [4.69, 9.17) is 19.3 Å². The van der Waals surface area contributed by atoms with E-state index in [1.54, 1.807) is 38.1 Å². The van der Waals surface area contributed by atoms with E-state index in [1.807, 2.05) is 12.1 Å². The Hall–Kier alpha value is -3.06. The molecule has 2 N–H and O–H groups in total. The molecule has 1 atom stereocenters. The van der Waals surface area contributed by atoms with Crippen LogP contribution in [0, 0.1) is 13.8 Å². The number of ether oxygens (including phenoxy) is 3. The van der Waals surface area contributed by atoms with Crippen LogP contribution in [0.1, 0.15) is 34.3 Å². The van der Waals surface area contributed by atoms with Gasteiger partial charge >= 0.3 is 5.97 Å². The second-order valence-electron chi connectivity index (χ2n) is 7.05. The number of hydrogen-bond donors (Lipinski definition) is 2. The standard InChI is InChI=1S/C22H25NO6/c1-14-9-16(10-15(2)21(14)29-13-20(24)25)22(26)23-17-5-3-6-18(11-17)28-12-19-7-4-8-27-19/h3,5-6,9-11,19H,4,7-8,12-13H2,1-2H3,(H,23,26)(H,24,25). The predicted octanol–water partition coefficient (Wildman–Crippen LogP) is 3.58. The van der Waals surface area contributed by atoms with Crippen molar-refractivity contribution >= 4 is 17.6 Å². The molecule has 0 bridgehead atoms. The van der Waals surface area contributed by atoms with Gasteiger partial charge in [0.05, 0.1) is 6.10 Å².